The van der Waals surface area contributed by atoms with Gasteiger partial charge in [-0.1, -0.05) is 0 Å². The molecule has 0 aliphatic heterocycles. The van der Waals surface area contributed by atoms with Gasteiger partial charge in [0.25, 0.3) is 0 Å². The molecule has 11 heavy (non-hydrogen) atoms. The maximum absolute atomic E-state index is 5.10. The molecule has 0 saturated carbocycles. The molecule has 0 heterocycles. The zero-order valence-electron chi connectivity index (χ0n) is 6.96. The Bertz CT molecular complexity index is 106. The van der Waals surface area contributed by atoms with Crippen LogP contribution in [0.25, 0.3) is 0 Å². The molecule has 0 bridgehead atoms. The van der Waals surface area contributed by atoms with Crippen LogP contribution in [0.1, 0.15) is 6.92 Å². The molecule has 0 fully saturated rings. The van der Waals surface area contributed by atoms with Crippen LogP contribution >= 0.6 is 12.2 Å². The van der Waals surface area contributed by atoms with E-state index in [1.807, 2.05) is 6.92 Å². The maximum Gasteiger partial charge on any atom is 0.185 e. The average Bonchev–Trinajstić information content (AvgIpc) is 1.99. The quantitative estimate of drug-likeness (QED) is 0.448. The van der Waals surface area contributed by atoms with Crippen LogP contribution in [0.3, 0.4) is 0 Å². The predicted molar refractivity (Wildman–Crippen MR) is 46.9 cm³/mol. The van der Waals surface area contributed by atoms with Gasteiger partial charge in [0.2, 0.25) is 0 Å². The highest BCUT2D eigenvalue weighted by atomic mass is 32.1. The maximum atomic E-state index is 5.10. The van der Waals surface area contributed by atoms with Crippen LogP contribution in [0.2, 0.25) is 0 Å². The lowest BCUT2D eigenvalue weighted by atomic mass is 10.7. The zero-order valence-corrected chi connectivity index (χ0v) is 7.78. The van der Waals surface area contributed by atoms with Crippen molar-refractivity contribution in [2.45, 2.75) is 6.92 Å². The topological polar surface area (TPSA) is 27.7 Å². The summed E-state index contributed by atoms with van der Waals surface area (Å²) in [7, 11) is 1.63. The number of hydrogen-bond donors (Lipinski definition) is 0. The average molecular weight is 178 g/mol. The van der Waals surface area contributed by atoms with Crippen LogP contribution in [-0.4, -0.2) is 38.6 Å². The van der Waals surface area contributed by atoms with Crippen molar-refractivity contribution in [2.75, 3.05) is 33.5 Å². The molecule has 0 aliphatic rings. The van der Waals surface area contributed by atoms with Crippen LogP contribution in [0.15, 0.2) is 0 Å². The molecule has 0 saturated heterocycles. The second-order valence-corrected chi connectivity index (χ2v) is 2.31. The minimum atomic E-state index is 0.381. The summed E-state index contributed by atoms with van der Waals surface area (Å²) in [4.78, 5) is 0. The molecule has 0 aromatic rings. The predicted octanol–water partition coefficient (Wildman–Crippen LogP) is 1.01. The van der Waals surface area contributed by atoms with E-state index in [-0.39, 0.29) is 0 Å². The lowest BCUT2D eigenvalue weighted by molar-refractivity contribution is 0.0839. The van der Waals surface area contributed by atoms with Gasteiger partial charge in [-0.3, -0.25) is 0 Å². The Labute approximate surface area is 72.6 Å². The van der Waals surface area contributed by atoms with Crippen molar-refractivity contribution in [1.82, 2.24) is 0 Å². The van der Waals surface area contributed by atoms with Crippen molar-refractivity contribution < 1.29 is 14.2 Å². The monoisotopic (exact) mass is 178 g/mol. The Kier molecular flexibility index (Phi) is 7.78. The second-order valence-electron chi connectivity index (χ2n) is 1.85. The fraction of sp³-hybridized carbons (Fsp3) is 0.857. The van der Waals surface area contributed by atoms with E-state index >= 15 is 0 Å². The summed E-state index contributed by atoms with van der Waals surface area (Å²) in [6.07, 6.45) is 0. The third-order valence-corrected chi connectivity index (χ3v) is 1.19. The summed E-state index contributed by atoms with van der Waals surface area (Å²) in [6, 6.07) is 0. The molecule has 0 aromatic carbocycles. The molecule has 0 spiro atoms. The van der Waals surface area contributed by atoms with E-state index in [4.69, 9.17) is 26.4 Å². The molecule has 0 N–H and O–H groups in total. The normalized spacial score (nSPS) is 9.64. The standard InChI is InChI=1S/C7H14O3S/c1-3-10-7(11)6-9-5-4-8-2/h3-6H2,1-2H3. The number of thiocarbonyl (C=S) groups is 1. The van der Waals surface area contributed by atoms with Crippen LogP contribution in [0, 0.1) is 0 Å². The van der Waals surface area contributed by atoms with Gasteiger partial charge >= 0.3 is 0 Å². The number of methoxy groups -OCH3 is 1. The fourth-order valence-electron chi connectivity index (χ4n) is 0.500. The molecule has 0 amide bonds. The van der Waals surface area contributed by atoms with Crippen molar-refractivity contribution in [1.29, 1.82) is 0 Å². The Balaban J connectivity index is 3.04. The lowest BCUT2D eigenvalue weighted by Gasteiger charge is -2.04. The highest BCUT2D eigenvalue weighted by Crippen LogP contribution is 1.84. The van der Waals surface area contributed by atoms with E-state index in [9.17, 15) is 0 Å². The van der Waals surface area contributed by atoms with Gasteiger partial charge < -0.3 is 14.2 Å². The summed E-state index contributed by atoms with van der Waals surface area (Å²) >= 11 is 4.81. The van der Waals surface area contributed by atoms with Gasteiger partial charge in [-0.25, -0.2) is 0 Å². The molecule has 0 aromatic heterocycles. The van der Waals surface area contributed by atoms with Gasteiger partial charge in [0.1, 0.15) is 6.61 Å². The van der Waals surface area contributed by atoms with Crippen molar-refractivity contribution in [3.8, 4) is 0 Å². The Morgan fingerprint density at radius 3 is 2.64 bits per heavy atom. The highest BCUT2D eigenvalue weighted by Gasteiger charge is 1.94. The number of hydrogen-bond acceptors (Lipinski definition) is 4. The SMILES string of the molecule is CCOC(=S)COCCOC. The minimum absolute atomic E-state index is 0.381. The van der Waals surface area contributed by atoms with E-state index in [2.05, 4.69) is 0 Å². The number of rotatable bonds is 6. The van der Waals surface area contributed by atoms with Gasteiger partial charge in [0, 0.05) is 7.11 Å². The van der Waals surface area contributed by atoms with Crippen LogP contribution in [0.5, 0.6) is 0 Å². The Morgan fingerprint density at radius 1 is 1.36 bits per heavy atom. The van der Waals surface area contributed by atoms with Crippen molar-refractivity contribution in [3.05, 3.63) is 0 Å². The molecule has 0 aliphatic carbocycles. The number of ether oxygens (including phenoxy) is 3. The molecule has 3 nitrogen and oxygen atoms in total. The van der Waals surface area contributed by atoms with E-state index < -0.39 is 0 Å². The molecular formula is C7H14O3S. The molecule has 0 unspecified atom stereocenters. The fourth-order valence-corrected chi connectivity index (χ4v) is 0.702. The smallest absolute Gasteiger partial charge is 0.185 e. The zero-order chi connectivity index (χ0) is 8.53. The third kappa shape index (κ3) is 7.71. The first-order chi connectivity index (χ1) is 5.31. The first kappa shape index (κ1) is 10.8. The summed E-state index contributed by atoms with van der Waals surface area (Å²) in [6.45, 7) is 4.03. The molecule has 4 heteroatoms. The van der Waals surface area contributed by atoms with E-state index in [0.717, 1.165) is 0 Å². The second kappa shape index (κ2) is 7.91. The van der Waals surface area contributed by atoms with E-state index in [0.29, 0.717) is 31.5 Å². The summed E-state index contributed by atoms with van der Waals surface area (Å²) < 4.78 is 14.9. The third-order valence-electron chi connectivity index (χ3n) is 0.957. The van der Waals surface area contributed by atoms with Gasteiger partial charge in [0.05, 0.1) is 19.8 Å². The van der Waals surface area contributed by atoms with E-state index in [1.165, 1.54) is 0 Å². The van der Waals surface area contributed by atoms with Crippen LogP contribution in [0.4, 0.5) is 0 Å². The molecule has 0 atom stereocenters. The summed E-state index contributed by atoms with van der Waals surface area (Å²) in [5.41, 5.74) is 0. The minimum Gasteiger partial charge on any atom is -0.485 e. The van der Waals surface area contributed by atoms with Gasteiger partial charge in [0.15, 0.2) is 5.05 Å². The summed E-state index contributed by atoms with van der Waals surface area (Å²) in [5.74, 6) is 0. The van der Waals surface area contributed by atoms with Gasteiger partial charge in [-0.15, -0.1) is 0 Å². The first-order valence-corrected chi connectivity index (χ1v) is 3.94. The highest BCUT2D eigenvalue weighted by molar-refractivity contribution is 7.80. The molecule has 0 rings (SSSR count). The van der Waals surface area contributed by atoms with Gasteiger partial charge in [-0.05, 0) is 19.1 Å². The van der Waals surface area contributed by atoms with Crippen molar-refractivity contribution in [3.63, 3.8) is 0 Å². The summed E-state index contributed by atoms with van der Waals surface area (Å²) in [5, 5.41) is 0.503. The Hall–Kier alpha value is -0.190. The first-order valence-electron chi connectivity index (χ1n) is 3.53. The van der Waals surface area contributed by atoms with Gasteiger partial charge in [-0.2, -0.15) is 0 Å². The molecule has 0 radical (unpaired) electrons. The van der Waals surface area contributed by atoms with Crippen LogP contribution in [-0.2, 0) is 14.2 Å². The molecular weight excluding hydrogens is 164 g/mol. The van der Waals surface area contributed by atoms with Crippen molar-refractivity contribution >= 4 is 17.3 Å². The van der Waals surface area contributed by atoms with Crippen LogP contribution < -0.4 is 0 Å². The lowest BCUT2D eigenvalue weighted by Crippen LogP contribution is -2.12. The largest absolute Gasteiger partial charge is 0.485 e. The Morgan fingerprint density at radius 2 is 2.09 bits per heavy atom. The van der Waals surface area contributed by atoms with E-state index in [1.54, 1.807) is 7.11 Å². The molecule has 66 valence electrons. The van der Waals surface area contributed by atoms with Crippen molar-refractivity contribution in [2.24, 2.45) is 0 Å².